The molecule has 2 nitrogen and oxygen atoms in total. The molecule has 0 saturated carbocycles. The molecular weight excluding hydrogens is 204 g/mol. The summed E-state index contributed by atoms with van der Waals surface area (Å²) in [5, 5.41) is 0. The highest BCUT2D eigenvalue weighted by molar-refractivity contribution is 6.79. The number of ether oxygens (including phenoxy) is 1. The molecule has 0 radical (unpaired) electrons. The number of hydrogen-bond acceptors (Lipinski definition) is 2. The second kappa shape index (κ2) is 4.62. The van der Waals surface area contributed by atoms with Crippen molar-refractivity contribution in [2.45, 2.75) is 25.7 Å². The third-order valence-corrected chi connectivity index (χ3v) is 3.48. The standard InChI is InChI=1S/C12H18O2Si/c1-14-11-7-5-10(6-8-11)12(13)9-15(2,3)4/h5-8H,9H2,1-4H3. The summed E-state index contributed by atoms with van der Waals surface area (Å²) in [6.07, 6.45) is 0. The Bertz CT molecular complexity index is 336. The fraction of sp³-hybridized carbons (Fsp3) is 0.417. The van der Waals surface area contributed by atoms with Crippen molar-refractivity contribution >= 4 is 13.9 Å². The Morgan fingerprint density at radius 1 is 1.20 bits per heavy atom. The Labute approximate surface area is 92.3 Å². The lowest BCUT2D eigenvalue weighted by molar-refractivity contribution is 0.101. The van der Waals surface area contributed by atoms with Gasteiger partial charge in [0.1, 0.15) is 5.75 Å². The first-order valence-corrected chi connectivity index (χ1v) is 8.80. The van der Waals surface area contributed by atoms with Crippen LogP contribution in [0.4, 0.5) is 0 Å². The summed E-state index contributed by atoms with van der Waals surface area (Å²) in [5.74, 6) is 1.04. The van der Waals surface area contributed by atoms with Gasteiger partial charge in [0.15, 0.2) is 5.78 Å². The maximum absolute atomic E-state index is 11.9. The van der Waals surface area contributed by atoms with E-state index in [-0.39, 0.29) is 5.78 Å². The molecule has 0 atom stereocenters. The average molecular weight is 222 g/mol. The summed E-state index contributed by atoms with van der Waals surface area (Å²) in [6, 6.07) is 8.04. The lowest BCUT2D eigenvalue weighted by Gasteiger charge is -2.14. The van der Waals surface area contributed by atoms with Gasteiger partial charge in [-0.2, -0.15) is 0 Å². The minimum atomic E-state index is -1.31. The highest BCUT2D eigenvalue weighted by Crippen LogP contribution is 2.16. The molecule has 0 bridgehead atoms. The predicted octanol–water partition coefficient (Wildman–Crippen LogP) is 3.22. The molecule has 0 aromatic heterocycles. The molecule has 0 heterocycles. The smallest absolute Gasteiger partial charge is 0.160 e. The lowest BCUT2D eigenvalue weighted by Crippen LogP contribution is -2.23. The maximum atomic E-state index is 11.9. The SMILES string of the molecule is COc1ccc(C(=O)C[Si](C)(C)C)cc1. The Kier molecular flexibility index (Phi) is 3.69. The first-order valence-electron chi connectivity index (χ1n) is 5.09. The largest absolute Gasteiger partial charge is 0.497 e. The van der Waals surface area contributed by atoms with E-state index >= 15 is 0 Å². The molecule has 0 unspecified atom stereocenters. The van der Waals surface area contributed by atoms with Gasteiger partial charge in [0, 0.05) is 11.6 Å². The van der Waals surface area contributed by atoms with Gasteiger partial charge in [-0.1, -0.05) is 19.6 Å². The van der Waals surface area contributed by atoms with Crippen LogP contribution < -0.4 is 4.74 Å². The fourth-order valence-electron chi connectivity index (χ4n) is 1.36. The molecule has 0 saturated heterocycles. The molecule has 1 aromatic rings. The van der Waals surface area contributed by atoms with E-state index in [1.54, 1.807) is 7.11 Å². The molecule has 0 N–H and O–H groups in total. The van der Waals surface area contributed by atoms with E-state index in [1.807, 2.05) is 24.3 Å². The number of benzene rings is 1. The van der Waals surface area contributed by atoms with Gasteiger partial charge in [-0.3, -0.25) is 4.79 Å². The predicted molar refractivity (Wildman–Crippen MR) is 65.5 cm³/mol. The van der Waals surface area contributed by atoms with Gasteiger partial charge in [-0.15, -0.1) is 0 Å². The Morgan fingerprint density at radius 3 is 2.13 bits per heavy atom. The first-order chi connectivity index (χ1) is 6.92. The molecule has 3 heteroatoms. The Hall–Kier alpha value is -1.09. The number of ketones is 1. The second-order valence-electron chi connectivity index (χ2n) is 4.89. The van der Waals surface area contributed by atoms with Gasteiger partial charge in [-0.25, -0.2) is 0 Å². The van der Waals surface area contributed by atoms with Crippen LogP contribution in [0.25, 0.3) is 0 Å². The van der Waals surface area contributed by atoms with E-state index in [2.05, 4.69) is 19.6 Å². The zero-order valence-electron chi connectivity index (χ0n) is 9.83. The summed E-state index contributed by atoms with van der Waals surface area (Å²) < 4.78 is 5.05. The van der Waals surface area contributed by atoms with Crippen LogP contribution in [-0.4, -0.2) is 21.0 Å². The van der Waals surface area contributed by atoms with Crippen LogP contribution >= 0.6 is 0 Å². The van der Waals surface area contributed by atoms with Crippen molar-refractivity contribution in [1.82, 2.24) is 0 Å². The van der Waals surface area contributed by atoms with E-state index in [4.69, 9.17) is 4.74 Å². The van der Waals surface area contributed by atoms with Gasteiger partial charge >= 0.3 is 0 Å². The fourth-order valence-corrected chi connectivity index (χ4v) is 2.53. The molecule has 1 aromatic carbocycles. The summed E-state index contributed by atoms with van der Waals surface area (Å²) in [4.78, 5) is 11.9. The van der Waals surface area contributed by atoms with Crippen LogP contribution in [0.2, 0.25) is 25.7 Å². The summed E-state index contributed by atoms with van der Waals surface area (Å²) >= 11 is 0. The van der Waals surface area contributed by atoms with Crippen molar-refractivity contribution in [3.8, 4) is 5.75 Å². The molecule has 0 amide bonds. The van der Waals surface area contributed by atoms with Gasteiger partial charge in [-0.05, 0) is 24.3 Å². The van der Waals surface area contributed by atoms with E-state index < -0.39 is 8.07 Å². The quantitative estimate of drug-likeness (QED) is 0.577. The summed E-state index contributed by atoms with van der Waals surface area (Å²) in [5.41, 5.74) is 0.790. The topological polar surface area (TPSA) is 26.3 Å². The minimum Gasteiger partial charge on any atom is -0.497 e. The minimum absolute atomic E-state index is 0.247. The van der Waals surface area contributed by atoms with Gasteiger partial charge in [0.25, 0.3) is 0 Å². The molecule has 0 fully saturated rings. The normalized spacial score (nSPS) is 11.2. The highest BCUT2D eigenvalue weighted by Gasteiger charge is 2.19. The van der Waals surface area contributed by atoms with Crippen molar-refractivity contribution in [2.24, 2.45) is 0 Å². The molecule has 1 rings (SSSR count). The van der Waals surface area contributed by atoms with Crippen LogP contribution in [0, 0.1) is 0 Å². The molecule has 0 aliphatic heterocycles. The Morgan fingerprint density at radius 2 is 1.73 bits per heavy atom. The molecule has 0 aliphatic carbocycles. The number of carbonyl (C=O) groups is 1. The first kappa shape index (κ1) is 12.0. The number of Topliss-reactive ketones (excluding diaryl/α,β-unsaturated/α-hetero) is 1. The second-order valence-corrected chi connectivity index (χ2v) is 10.4. The third kappa shape index (κ3) is 3.87. The van der Waals surface area contributed by atoms with Crippen LogP contribution in [0.3, 0.4) is 0 Å². The monoisotopic (exact) mass is 222 g/mol. The van der Waals surface area contributed by atoms with E-state index in [0.29, 0.717) is 6.04 Å². The lowest BCUT2D eigenvalue weighted by atomic mass is 10.1. The number of methoxy groups -OCH3 is 1. The van der Waals surface area contributed by atoms with Crippen LogP contribution in [0.1, 0.15) is 10.4 Å². The molecule has 82 valence electrons. The number of carbonyl (C=O) groups excluding carboxylic acids is 1. The number of rotatable bonds is 4. The Balaban J connectivity index is 2.75. The van der Waals surface area contributed by atoms with Gasteiger partial charge in [0.05, 0.1) is 15.2 Å². The molecule has 15 heavy (non-hydrogen) atoms. The van der Waals surface area contributed by atoms with Crippen LogP contribution in [0.5, 0.6) is 5.75 Å². The van der Waals surface area contributed by atoms with Crippen molar-refractivity contribution in [3.63, 3.8) is 0 Å². The van der Waals surface area contributed by atoms with E-state index in [1.165, 1.54) is 0 Å². The zero-order valence-corrected chi connectivity index (χ0v) is 10.8. The van der Waals surface area contributed by atoms with E-state index in [0.717, 1.165) is 11.3 Å². The average Bonchev–Trinajstić information content (AvgIpc) is 2.15. The highest BCUT2D eigenvalue weighted by atomic mass is 28.3. The van der Waals surface area contributed by atoms with Crippen molar-refractivity contribution < 1.29 is 9.53 Å². The van der Waals surface area contributed by atoms with E-state index in [9.17, 15) is 4.79 Å². The van der Waals surface area contributed by atoms with Crippen LogP contribution in [0.15, 0.2) is 24.3 Å². The summed E-state index contributed by atoms with van der Waals surface area (Å²) in [6.45, 7) is 6.61. The van der Waals surface area contributed by atoms with Gasteiger partial charge in [0.2, 0.25) is 0 Å². The van der Waals surface area contributed by atoms with Crippen molar-refractivity contribution in [1.29, 1.82) is 0 Å². The van der Waals surface area contributed by atoms with Crippen molar-refractivity contribution in [2.75, 3.05) is 7.11 Å². The van der Waals surface area contributed by atoms with Crippen LogP contribution in [-0.2, 0) is 0 Å². The molecule has 0 aliphatic rings. The van der Waals surface area contributed by atoms with Crippen molar-refractivity contribution in [3.05, 3.63) is 29.8 Å². The molecule has 0 spiro atoms. The summed E-state index contributed by atoms with van der Waals surface area (Å²) in [7, 11) is 0.318. The number of hydrogen-bond donors (Lipinski definition) is 0. The molecular formula is C12H18O2Si. The third-order valence-electron chi connectivity index (χ3n) is 2.10. The maximum Gasteiger partial charge on any atom is 0.160 e. The van der Waals surface area contributed by atoms with Gasteiger partial charge < -0.3 is 4.74 Å². The zero-order chi connectivity index (χ0) is 11.5.